The van der Waals surface area contributed by atoms with Gasteiger partial charge in [0.1, 0.15) is 12.4 Å². The maximum absolute atomic E-state index is 12.2. The number of anilines is 1. The van der Waals surface area contributed by atoms with Gasteiger partial charge >= 0.3 is 0 Å². The van der Waals surface area contributed by atoms with Crippen molar-refractivity contribution >= 4 is 29.3 Å². The molecule has 8 heteroatoms. The maximum atomic E-state index is 12.2. The minimum Gasteiger partial charge on any atom is -0.368 e. The lowest BCUT2D eigenvalue weighted by molar-refractivity contribution is -0.118. The molecule has 1 aliphatic carbocycles. The van der Waals surface area contributed by atoms with Gasteiger partial charge in [-0.2, -0.15) is 0 Å². The van der Waals surface area contributed by atoms with E-state index in [1.165, 1.54) is 17.3 Å². The zero-order chi connectivity index (χ0) is 18.7. The van der Waals surface area contributed by atoms with Crippen LogP contribution in [0.3, 0.4) is 0 Å². The number of hydrogen-bond donors (Lipinski definition) is 2. The zero-order valence-electron chi connectivity index (χ0n) is 14.9. The van der Waals surface area contributed by atoms with E-state index in [1.54, 1.807) is 4.57 Å². The van der Waals surface area contributed by atoms with E-state index in [-0.39, 0.29) is 18.2 Å². The van der Waals surface area contributed by atoms with Crippen LogP contribution in [0.25, 0.3) is 0 Å². The summed E-state index contributed by atoms with van der Waals surface area (Å²) in [7, 11) is 0. The number of hydrogen-bond acceptors (Lipinski definition) is 5. The van der Waals surface area contributed by atoms with Gasteiger partial charge in [-0.3, -0.25) is 14.2 Å². The summed E-state index contributed by atoms with van der Waals surface area (Å²) in [4.78, 5) is 23.5. The van der Waals surface area contributed by atoms with Gasteiger partial charge in [-0.25, -0.2) is 0 Å². The van der Waals surface area contributed by atoms with Crippen molar-refractivity contribution in [3.05, 3.63) is 35.7 Å². The first-order valence-electron chi connectivity index (χ1n) is 8.68. The van der Waals surface area contributed by atoms with Gasteiger partial charge in [-0.05, 0) is 36.5 Å². The van der Waals surface area contributed by atoms with Gasteiger partial charge in [0, 0.05) is 11.6 Å². The van der Waals surface area contributed by atoms with Crippen molar-refractivity contribution in [1.82, 2.24) is 14.8 Å². The minimum atomic E-state index is -0.441. The van der Waals surface area contributed by atoms with E-state index in [0.717, 1.165) is 24.4 Å². The Morgan fingerprint density at radius 3 is 2.54 bits per heavy atom. The fraction of sp³-hybridized carbons (Fsp3) is 0.444. The molecule has 1 aromatic heterocycles. The minimum absolute atomic E-state index is 0.0411. The molecule has 0 radical (unpaired) electrons. The summed E-state index contributed by atoms with van der Waals surface area (Å²) in [5, 5.41) is 11.7. The second-order valence-corrected chi connectivity index (χ2v) is 7.72. The Morgan fingerprint density at radius 2 is 1.96 bits per heavy atom. The largest absolute Gasteiger partial charge is 0.368 e. The van der Waals surface area contributed by atoms with Gasteiger partial charge < -0.3 is 11.1 Å². The van der Waals surface area contributed by atoms with Crippen molar-refractivity contribution in [2.45, 2.75) is 50.2 Å². The lowest BCUT2D eigenvalue weighted by Crippen LogP contribution is -2.21. The number of aromatic nitrogens is 3. The first-order chi connectivity index (χ1) is 12.4. The molecule has 7 nitrogen and oxygen atoms in total. The third-order valence-corrected chi connectivity index (χ3v) is 5.16. The predicted octanol–water partition coefficient (Wildman–Crippen LogP) is 2.50. The van der Waals surface area contributed by atoms with E-state index < -0.39 is 5.91 Å². The van der Waals surface area contributed by atoms with Crippen molar-refractivity contribution in [3.8, 4) is 0 Å². The fourth-order valence-electron chi connectivity index (χ4n) is 2.63. The Hall–Kier alpha value is -2.35. The molecule has 26 heavy (non-hydrogen) atoms. The van der Waals surface area contributed by atoms with Gasteiger partial charge in [0.15, 0.2) is 5.16 Å². The summed E-state index contributed by atoms with van der Waals surface area (Å²) in [5.41, 5.74) is 7.32. The Kier molecular flexibility index (Phi) is 5.61. The first-order valence-corrected chi connectivity index (χ1v) is 9.66. The highest BCUT2D eigenvalue weighted by Gasteiger charge is 2.31. The molecule has 0 unspecified atom stereocenters. The van der Waals surface area contributed by atoms with Crippen LogP contribution in [0.2, 0.25) is 0 Å². The van der Waals surface area contributed by atoms with Crippen LogP contribution in [0.5, 0.6) is 0 Å². The molecule has 0 saturated heterocycles. The molecule has 3 rings (SSSR count). The number of nitrogens with zero attached hydrogens (tertiary/aromatic N) is 3. The summed E-state index contributed by atoms with van der Waals surface area (Å²) < 4.78 is 1.73. The average molecular weight is 373 g/mol. The van der Waals surface area contributed by atoms with Crippen LogP contribution in [-0.4, -0.2) is 32.3 Å². The molecule has 0 aliphatic heterocycles. The lowest BCUT2D eigenvalue weighted by Gasteiger charge is -2.09. The Morgan fingerprint density at radius 1 is 1.27 bits per heavy atom. The van der Waals surface area contributed by atoms with Gasteiger partial charge in [-0.15, -0.1) is 10.2 Å². The van der Waals surface area contributed by atoms with Crippen molar-refractivity contribution in [3.63, 3.8) is 0 Å². The van der Waals surface area contributed by atoms with E-state index >= 15 is 0 Å². The highest BCUT2D eigenvalue weighted by Crippen LogP contribution is 2.40. The number of benzene rings is 1. The summed E-state index contributed by atoms with van der Waals surface area (Å²) in [5.74, 6) is 1.21. The van der Waals surface area contributed by atoms with Gasteiger partial charge in [0.2, 0.25) is 11.8 Å². The van der Waals surface area contributed by atoms with Crippen LogP contribution in [-0.2, 0) is 16.1 Å². The van der Waals surface area contributed by atoms with Crippen LogP contribution in [0, 0.1) is 0 Å². The van der Waals surface area contributed by atoms with Crippen molar-refractivity contribution < 1.29 is 9.59 Å². The number of carbonyl (C=O) groups excluding carboxylic acids is 2. The summed E-state index contributed by atoms with van der Waals surface area (Å²) in [6.45, 7) is 4.30. The molecule has 0 bridgehead atoms. The molecular formula is C18H23N5O2S. The van der Waals surface area contributed by atoms with Crippen molar-refractivity contribution in [1.29, 1.82) is 0 Å². The third-order valence-electron chi connectivity index (χ3n) is 4.20. The van der Waals surface area contributed by atoms with E-state index in [1.807, 2.05) is 24.3 Å². The number of carbonyl (C=O) groups is 2. The van der Waals surface area contributed by atoms with E-state index in [4.69, 9.17) is 5.73 Å². The normalized spacial score (nSPS) is 13.8. The quantitative estimate of drug-likeness (QED) is 0.692. The fourth-order valence-corrected chi connectivity index (χ4v) is 3.38. The van der Waals surface area contributed by atoms with Crippen LogP contribution in [0.1, 0.15) is 49.9 Å². The number of thioether (sulfide) groups is 1. The van der Waals surface area contributed by atoms with E-state index in [2.05, 4.69) is 29.4 Å². The Bertz CT molecular complexity index is 796. The monoisotopic (exact) mass is 373 g/mol. The summed E-state index contributed by atoms with van der Waals surface area (Å²) in [6.07, 6.45) is 2.10. The number of rotatable bonds is 8. The molecular weight excluding hydrogens is 350 g/mol. The molecule has 0 atom stereocenters. The van der Waals surface area contributed by atoms with Gasteiger partial charge in [-0.1, -0.05) is 37.7 Å². The van der Waals surface area contributed by atoms with Gasteiger partial charge in [0.05, 0.1) is 5.75 Å². The molecule has 138 valence electrons. The second kappa shape index (κ2) is 7.90. The number of primary amides is 1. The topological polar surface area (TPSA) is 103 Å². The third kappa shape index (κ3) is 4.63. The molecule has 1 saturated carbocycles. The number of nitrogens with two attached hydrogens (primary N) is 1. The molecule has 1 aliphatic rings. The molecule has 3 N–H and O–H groups in total. The second-order valence-electron chi connectivity index (χ2n) is 6.78. The number of amides is 2. The SMILES string of the molecule is CC(C)c1ccc(NC(=O)CSc2nnc(C3CC3)n2CC(N)=O)cc1. The molecule has 1 fully saturated rings. The van der Waals surface area contributed by atoms with E-state index in [9.17, 15) is 9.59 Å². The van der Waals surface area contributed by atoms with Crippen molar-refractivity contribution in [2.24, 2.45) is 5.73 Å². The van der Waals surface area contributed by atoms with E-state index in [0.29, 0.717) is 17.0 Å². The van der Waals surface area contributed by atoms with Crippen LogP contribution in [0.4, 0.5) is 5.69 Å². The molecule has 0 spiro atoms. The molecule has 1 aromatic carbocycles. The standard InChI is InChI=1S/C18H23N5O2S/c1-11(2)12-5-7-14(8-6-12)20-16(25)10-26-18-22-21-17(13-3-4-13)23(18)9-15(19)24/h5-8,11,13H,3-4,9-10H2,1-2H3,(H2,19,24)(H,20,25). The summed E-state index contributed by atoms with van der Waals surface area (Å²) >= 11 is 1.26. The zero-order valence-corrected chi connectivity index (χ0v) is 15.8. The average Bonchev–Trinajstić information content (AvgIpc) is 3.36. The number of nitrogens with one attached hydrogen (secondary N) is 1. The van der Waals surface area contributed by atoms with Crippen molar-refractivity contribution in [2.75, 3.05) is 11.1 Å². The van der Waals surface area contributed by atoms with Crippen LogP contribution >= 0.6 is 11.8 Å². The Balaban J connectivity index is 1.59. The molecule has 1 heterocycles. The van der Waals surface area contributed by atoms with Crippen LogP contribution < -0.4 is 11.1 Å². The smallest absolute Gasteiger partial charge is 0.237 e. The Labute approximate surface area is 156 Å². The molecule has 2 amide bonds. The highest BCUT2D eigenvalue weighted by molar-refractivity contribution is 7.99. The molecule has 2 aromatic rings. The first kappa shape index (κ1) is 18.4. The summed E-state index contributed by atoms with van der Waals surface area (Å²) in [6, 6.07) is 7.83. The highest BCUT2D eigenvalue weighted by atomic mass is 32.2. The van der Waals surface area contributed by atoms with Gasteiger partial charge in [0.25, 0.3) is 0 Å². The van der Waals surface area contributed by atoms with Crippen LogP contribution in [0.15, 0.2) is 29.4 Å². The lowest BCUT2D eigenvalue weighted by atomic mass is 10.0. The predicted molar refractivity (Wildman–Crippen MR) is 101 cm³/mol. The maximum Gasteiger partial charge on any atom is 0.237 e.